The number of hydrogen-bond acceptors (Lipinski definition) is 5. The van der Waals surface area contributed by atoms with E-state index in [0.29, 0.717) is 0 Å². The minimum absolute atomic E-state index is 0.0201. The zero-order valence-corrected chi connectivity index (χ0v) is 9.88. The zero-order valence-electron chi connectivity index (χ0n) is 9.88. The molecule has 1 fully saturated rings. The molecule has 1 saturated carbocycles. The van der Waals surface area contributed by atoms with Crippen LogP contribution in [0.5, 0.6) is 0 Å². The van der Waals surface area contributed by atoms with E-state index in [4.69, 9.17) is 9.84 Å². The Bertz CT molecular complexity index is 456. The van der Waals surface area contributed by atoms with E-state index < -0.39 is 11.9 Å². The Morgan fingerprint density at radius 3 is 2.89 bits per heavy atom. The molecule has 0 spiro atoms. The molecule has 2 rings (SSSR count). The molecular formula is C11H14N2O5. The lowest BCUT2D eigenvalue weighted by Gasteiger charge is -2.11. The van der Waals surface area contributed by atoms with Crippen molar-refractivity contribution in [2.75, 3.05) is 7.11 Å². The lowest BCUT2D eigenvalue weighted by Crippen LogP contribution is -2.33. The first-order valence-electron chi connectivity index (χ1n) is 5.64. The van der Waals surface area contributed by atoms with Crippen LogP contribution >= 0.6 is 0 Å². The number of carboxylic acid groups (broad SMARTS) is 1. The second kappa shape index (κ2) is 5.18. The van der Waals surface area contributed by atoms with Gasteiger partial charge in [-0.05, 0) is 19.3 Å². The third-order valence-electron chi connectivity index (χ3n) is 3.01. The van der Waals surface area contributed by atoms with Crippen LogP contribution in [-0.4, -0.2) is 41.4 Å². The monoisotopic (exact) mass is 254 g/mol. The van der Waals surface area contributed by atoms with E-state index in [1.807, 2.05) is 0 Å². The molecule has 0 radical (unpaired) electrons. The van der Waals surface area contributed by atoms with Crippen LogP contribution in [0.3, 0.4) is 0 Å². The largest absolute Gasteiger partial charge is 0.475 e. The topological polar surface area (TPSA) is 102 Å². The number of amides is 1. The Hall–Kier alpha value is -1.89. The Balaban J connectivity index is 1.93. The second-order valence-corrected chi connectivity index (χ2v) is 4.22. The van der Waals surface area contributed by atoms with Gasteiger partial charge in [0.2, 0.25) is 5.76 Å². The number of aromatic nitrogens is 1. The first kappa shape index (κ1) is 12.6. The van der Waals surface area contributed by atoms with Gasteiger partial charge in [0.1, 0.15) is 0 Å². The molecule has 1 aliphatic carbocycles. The molecule has 7 nitrogen and oxygen atoms in total. The fraction of sp³-hybridized carbons (Fsp3) is 0.545. The number of carboxylic acids is 1. The smallest absolute Gasteiger partial charge is 0.374 e. The quantitative estimate of drug-likeness (QED) is 0.818. The maximum atomic E-state index is 11.8. The van der Waals surface area contributed by atoms with Gasteiger partial charge >= 0.3 is 5.97 Å². The van der Waals surface area contributed by atoms with Gasteiger partial charge in [0.25, 0.3) is 5.91 Å². The minimum atomic E-state index is -1.25. The summed E-state index contributed by atoms with van der Waals surface area (Å²) < 4.78 is 9.72. The lowest BCUT2D eigenvalue weighted by atomic mass is 10.2. The molecule has 18 heavy (non-hydrogen) atoms. The molecule has 1 aromatic rings. The highest BCUT2D eigenvalue weighted by Gasteiger charge is 2.27. The van der Waals surface area contributed by atoms with Gasteiger partial charge in [-0.1, -0.05) is 5.16 Å². The second-order valence-electron chi connectivity index (χ2n) is 4.22. The molecule has 2 atom stereocenters. The Labute approximate surface area is 103 Å². The van der Waals surface area contributed by atoms with Crippen molar-refractivity contribution in [1.82, 2.24) is 10.5 Å². The summed E-state index contributed by atoms with van der Waals surface area (Å²) in [6.07, 6.45) is 2.67. The summed E-state index contributed by atoms with van der Waals surface area (Å²) in [5.74, 6) is -2.02. The molecule has 7 heteroatoms. The van der Waals surface area contributed by atoms with Crippen LogP contribution in [-0.2, 0) is 4.74 Å². The molecule has 0 bridgehead atoms. The van der Waals surface area contributed by atoms with Crippen LogP contribution in [0, 0.1) is 0 Å². The van der Waals surface area contributed by atoms with E-state index in [1.54, 1.807) is 7.11 Å². The van der Waals surface area contributed by atoms with Crippen molar-refractivity contribution < 1.29 is 24.0 Å². The van der Waals surface area contributed by atoms with Gasteiger partial charge in [0.05, 0.1) is 6.10 Å². The van der Waals surface area contributed by atoms with Crippen LogP contribution in [0.2, 0.25) is 0 Å². The van der Waals surface area contributed by atoms with Gasteiger partial charge < -0.3 is 19.7 Å². The third-order valence-corrected chi connectivity index (χ3v) is 3.01. The molecule has 0 aromatic carbocycles. The summed E-state index contributed by atoms with van der Waals surface area (Å²) in [7, 11) is 1.64. The van der Waals surface area contributed by atoms with E-state index in [-0.39, 0.29) is 23.6 Å². The molecule has 1 aliphatic rings. The van der Waals surface area contributed by atoms with Gasteiger partial charge in [-0.15, -0.1) is 0 Å². The van der Waals surface area contributed by atoms with Crippen LogP contribution < -0.4 is 5.32 Å². The van der Waals surface area contributed by atoms with Gasteiger partial charge in [0, 0.05) is 19.2 Å². The standard InChI is InChI=1S/C11H14N2O5/c1-17-7-3-2-6(4-7)12-10(14)8-5-9(11(15)16)18-13-8/h5-7H,2-4H2,1H3,(H,12,14)(H,15,16). The maximum absolute atomic E-state index is 11.8. The summed E-state index contributed by atoms with van der Waals surface area (Å²) in [6.45, 7) is 0. The molecule has 1 amide bonds. The summed E-state index contributed by atoms with van der Waals surface area (Å²) in [5.41, 5.74) is -0.0201. The average Bonchev–Trinajstić information content (AvgIpc) is 2.97. The summed E-state index contributed by atoms with van der Waals surface area (Å²) in [4.78, 5) is 22.3. The van der Waals surface area contributed by atoms with Crippen LogP contribution in [0.15, 0.2) is 10.6 Å². The van der Waals surface area contributed by atoms with Crippen LogP contribution in [0.1, 0.15) is 40.3 Å². The van der Waals surface area contributed by atoms with E-state index in [2.05, 4.69) is 15.0 Å². The highest BCUT2D eigenvalue weighted by molar-refractivity contribution is 5.94. The molecule has 2 N–H and O–H groups in total. The van der Waals surface area contributed by atoms with Crippen molar-refractivity contribution in [2.45, 2.75) is 31.4 Å². The highest BCUT2D eigenvalue weighted by atomic mass is 16.5. The zero-order chi connectivity index (χ0) is 13.1. The summed E-state index contributed by atoms with van der Waals surface area (Å²) in [5, 5.41) is 14.8. The third kappa shape index (κ3) is 2.67. The molecule has 98 valence electrons. The van der Waals surface area contributed by atoms with Crippen molar-refractivity contribution in [2.24, 2.45) is 0 Å². The van der Waals surface area contributed by atoms with E-state index in [9.17, 15) is 9.59 Å². The van der Waals surface area contributed by atoms with Crippen molar-refractivity contribution in [3.8, 4) is 0 Å². The van der Waals surface area contributed by atoms with Crippen molar-refractivity contribution in [3.63, 3.8) is 0 Å². The van der Waals surface area contributed by atoms with Crippen molar-refractivity contribution >= 4 is 11.9 Å². The Morgan fingerprint density at radius 1 is 1.56 bits per heavy atom. The molecule has 2 unspecified atom stereocenters. The number of ether oxygens (including phenoxy) is 1. The number of nitrogens with one attached hydrogen (secondary N) is 1. The fourth-order valence-corrected chi connectivity index (χ4v) is 2.03. The number of methoxy groups -OCH3 is 1. The number of hydrogen-bond donors (Lipinski definition) is 2. The fourth-order valence-electron chi connectivity index (χ4n) is 2.03. The molecule has 0 aliphatic heterocycles. The lowest BCUT2D eigenvalue weighted by molar-refractivity contribution is 0.0650. The van der Waals surface area contributed by atoms with Crippen molar-refractivity contribution in [1.29, 1.82) is 0 Å². The molecule has 1 aromatic heterocycles. The summed E-state index contributed by atoms with van der Waals surface area (Å²) >= 11 is 0. The first-order valence-corrected chi connectivity index (χ1v) is 5.64. The number of carbonyl (C=O) groups is 2. The van der Waals surface area contributed by atoms with Gasteiger partial charge in [-0.2, -0.15) is 0 Å². The number of rotatable bonds is 4. The number of nitrogens with zero attached hydrogens (tertiary/aromatic N) is 1. The highest BCUT2D eigenvalue weighted by Crippen LogP contribution is 2.21. The van der Waals surface area contributed by atoms with E-state index >= 15 is 0 Å². The number of aromatic carboxylic acids is 1. The van der Waals surface area contributed by atoms with Gasteiger partial charge in [-0.3, -0.25) is 4.79 Å². The van der Waals surface area contributed by atoms with Crippen LogP contribution in [0.4, 0.5) is 0 Å². The predicted molar refractivity (Wildman–Crippen MR) is 59.4 cm³/mol. The van der Waals surface area contributed by atoms with Gasteiger partial charge in [0.15, 0.2) is 5.69 Å². The minimum Gasteiger partial charge on any atom is -0.475 e. The first-order chi connectivity index (χ1) is 8.60. The SMILES string of the molecule is COC1CCC(NC(=O)c2cc(C(=O)O)on2)C1. The Kier molecular flexibility index (Phi) is 3.61. The summed E-state index contributed by atoms with van der Waals surface area (Å²) in [6, 6.07) is 1.15. The predicted octanol–water partition coefficient (Wildman–Crippen LogP) is 0.670. The van der Waals surface area contributed by atoms with Gasteiger partial charge in [-0.25, -0.2) is 4.79 Å². The molecule has 1 heterocycles. The maximum Gasteiger partial charge on any atom is 0.374 e. The average molecular weight is 254 g/mol. The van der Waals surface area contributed by atoms with E-state index in [1.165, 1.54) is 0 Å². The number of carbonyl (C=O) groups excluding carboxylic acids is 1. The van der Waals surface area contributed by atoms with E-state index in [0.717, 1.165) is 25.3 Å². The van der Waals surface area contributed by atoms with Crippen molar-refractivity contribution in [3.05, 3.63) is 17.5 Å². The molecular weight excluding hydrogens is 240 g/mol. The van der Waals surface area contributed by atoms with Crippen LogP contribution in [0.25, 0.3) is 0 Å². The Morgan fingerprint density at radius 2 is 2.33 bits per heavy atom. The normalized spacial score (nSPS) is 22.9. The molecule has 0 saturated heterocycles.